The normalized spacial score (nSPS) is 10.3. The molecule has 0 heterocycles. The Morgan fingerprint density at radius 3 is 2.62 bits per heavy atom. The Balaban J connectivity index is 2.27. The van der Waals surface area contributed by atoms with Gasteiger partial charge in [-0.2, -0.15) is 0 Å². The van der Waals surface area contributed by atoms with E-state index in [2.05, 4.69) is 17.8 Å². The fraction of sp³-hybridized carbons (Fsp3) is 0.167. The first-order chi connectivity index (χ1) is 10.2. The van der Waals surface area contributed by atoms with Crippen molar-refractivity contribution in [3.8, 4) is 23.8 Å². The number of hydrogen-bond donors (Lipinski definition) is 0. The fourth-order valence-corrected chi connectivity index (χ4v) is 1.76. The van der Waals surface area contributed by atoms with Gasteiger partial charge < -0.3 is 9.47 Å². The van der Waals surface area contributed by atoms with Gasteiger partial charge in [0.15, 0.2) is 0 Å². The molecule has 0 radical (unpaired) electrons. The lowest BCUT2D eigenvalue weighted by Crippen LogP contribution is -1.94. The Bertz CT molecular complexity index is 667. The third-order valence-corrected chi connectivity index (χ3v) is 2.91. The Hall–Kier alpha value is -2.73. The van der Waals surface area contributed by atoms with E-state index in [1.807, 2.05) is 36.4 Å². The van der Waals surface area contributed by atoms with E-state index < -0.39 is 0 Å². The molecule has 0 aliphatic rings. The first-order valence-electron chi connectivity index (χ1n) is 6.58. The van der Waals surface area contributed by atoms with Crippen LogP contribution < -0.4 is 9.47 Å². The minimum atomic E-state index is 0.208. The number of hydrogen-bond acceptors (Lipinski definition) is 3. The number of ether oxygens (including phenoxy) is 2. The van der Waals surface area contributed by atoms with Crippen molar-refractivity contribution in [1.82, 2.24) is 0 Å². The van der Waals surface area contributed by atoms with Gasteiger partial charge in [-0.25, -0.2) is 0 Å². The molecule has 0 bridgehead atoms. The standard InChI is InChI=1S/C18H17NO2/c1-4-11-21-18-10-9-16(20-3)12-17(18)19-13-15-7-5-14(2)6-8-15/h1,5-10,12-13H,11H2,2-3H3. The molecule has 2 aromatic carbocycles. The first kappa shape index (κ1) is 14.7. The lowest BCUT2D eigenvalue weighted by molar-refractivity contribution is 0.369. The second kappa shape index (κ2) is 7.16. The molecule has 0 N–H and O–H groups in total. The average molecular weight is 279 g/mol. The molecular weight excluding hydrogens is 262 g/mol. The van der Waals surface area contributed by atoms with Crippen LogP contribution in [0.4, 0.5) is 5.69 Å². The monoisotopic (exact) mass is 279 g/mol. The van der Waals surface area contributed by atoms with Crippen molar-refractivity contribution in [3.63, 3.8) is 0 Å². The Morgan fingerprint density at radius 1 is 1.19 bits per heavy atom. The molecular formula is C18H17NO2. The highest BCUT2D eigenvalue weighted by Crippen LogP contribution is 2.31. The second-order valence-electron chi connectivity index (χ2n) is 4.50. The third-order valence-electron chi connectivity index (χ3n) is 2.91. The van der Waals surface area contributed by atoms with E-state index in [1.165, 1.54) is 5.56 Å². The van der Waals surface area contributed by atoms with Gasteiger partial charge in [-0.15, -0.1) is 6.42 Å². The summed E-state index contributed by atoms with van der Waals surface area (Å²) in [4.78, 5) is 4.47. The SMILES string of the molecule is C#CCOc1ccc(OC)cc1N=Cc1ccc(C)cc1. The van der Waals surface area contributed by atoms with Gasteiger partial charge in [0.05, 0.1) is 7.11 Å². The second-order valence-corrected chi connectivity index (χ2v) is 4.50. The van der Waals surface area contributed by atoms with Gasteiger partial charge in [-0.1, -0.05) is 35.7 Å². The lowest BCUT2D eigenvalue weighted by Gasteiger charge is -2.08. The van der Waals surface area contributed by atoms with Crippen LogP contribution in [0.1, 0.15) is 11.1 Å². The number of rotatable bonds is 5. The van der Waals surface area contributed by atoms with Crippen molar-refractivity contribution in [1.29, 1.82) is 0 Å². The molecule has 0 aliphatic carbocycles. The van der Waals surface area contributed by atoms with Crippen molar-refractivity contribution in [2.24, 2.45) is 4.99 Å². The van der Waals surface area contributed by atoms with Gasteiger partial charge in [0.2, 0.25) is 0 Å². The van der Waals surface area contributed by atoms with Gasteiger partial charge in [-0.05, 0) is 24.6 Å². The highest BCUT2D eigenvalue weighted by molar-refractivity contribution is 5.83. The molecule has 3 heteroatoms. The van der Waals surface area contributed by atoms with Crippen LogP contribution in [0.25, 0.3) is 0 Å². The number of terminal acetylenes is 1. The van der Waals surface area contributed by atoms with Crippen LogP contribution in [-0.4, -0.2) is 19.9 Å². The predicted molar refractivity (Wildman–Crippen MR) is 85.8 cm³/mol. The van der Waals surface area contributed by atoms with Gasteiger partial charge >= 0.3 is 0 Å². The fourth-order valence-electron chi connectivity index (χ4n) is 1.76. The summed E-state index contributed by atoms with van der Waals surface area (Å²) >= 11 is 0. The quantitative estimate of drug-likeness (QED) is 0.616. The van der Waals surface area contributed by atoms with E-state index in [4.69, 9.17) is 15.9 Å². The zero-order chi connectivity index (χ0) is 15.1. The Labute approximate surface area is 125 Å². The molecule has 2 rings (SSSR count). The molecule has 2 aromatic rings. The average Bonchev–Trinajstić information content (AvgIpc) is 2.52. The van der Waals surface area contributed by atoms with Crippen LogP contribution in [-0.2, 0) is 0 Å². The summed E-state index contributed by atoms with van der Waals surface area (Å²) in [6, 6.07) is 13.6. The van der Waals surface area contributed by atoms with E-state index in [0.717, 1.165) is 11.3 Å². The van der Waals surface area contributed by atoms with Crippen LogP contribution in [0.5, 0.6) is 11.5 Å². The summed E-state index contributed by atoms with van der Waals surface area (Å²) in [6.45, 7) is 2.26. The van der Waals surface area contributed by atoms with Crippen LogP contribution in [0.15, 0.2) is 47.5 Å². The molecule has 0 aliphatic heterocycles. The van der Waals surface area contributed by atoms with Crippen LogP contribution in [0, 0.1) is 19.3 Å². The van der Waals surface area contributed by atoms with Gasteiger partial charge in [-0.3, -0.25) is 4.99 Å². The van der Waals surface area contributed by atoms with Crippen LogP contribution in [0.3, 0.4) is 0 Å². The van der Waals surface area contributed by atoms with E-state index >= 15 is 0 Å². The maximum atomic E-state index is 5.49. The molecule has 0 saturated heterocycles. The van der Waals surface area contributed by atoms with Crippen molar-refractivity contribution < 1.29 is 9.47 Å². The van der Waals surface area contributed by atoms with E-state index in [-0.39, 0.29) is 6.61 Å². The number of benzene rings is 2. The molecule has 0 saturated carbocycles. The smallest absolute Gasteiger partial charge is 0.148 e. The minimum Gasteiger partial charge on any atom is -0.497 e. The van der Waals surface area contributed by atoms with Crippen molar-refractivity contribution >= 4 is 11.9 Å². The predicted octanol–water partition coefficient (Wildman–Crippen LogP) is 3.77. The molecule has 0 fully saturated rings. The number of nitrogens with zero attached hydrogens (tertiary/aromatic N) is 1. The summed E-state index contributed by atoms with van der Waals surface area (Å²) in [5, 5.41) is 0. The van der Waals surface area contributed by atoms with Crippen molar-refractivity contribution in [2.45, 2.75) is 6.92 Å². The molecule has 0 spiro atoms. The highest BCUT2D eigenvalue weighted by atomic mass is 16.5. The molecule has 0 amide bonds. The molecule has 0 aromatic heterocycles. The molecule has 3 nitrogen and oxygen atoms in total. The maximum absolute atomic E-state index is 5.49. The van der Waals surface area contributed by atoms with Crippen LogP contribution in [0.2, 0.25) is 0 Å². The molecule has 0 unspecified atom stereocenters. The Kier molecular flexibility index (Phi) is 5.00. The topological polar surface area (TPSA) is 30.8 Å². The lowest BCUT2D eigenvalue weighted by atomic mass is 10.2. The van der Waals surface area contributed by atoms with Crippen LogP contribution >= 0.6 is 0 Å². The van der Waals surface area contributed by atoms with E-state index in [0.29, 0.717) is 11.4 Å². The number of methoxy groups -OCH3 is 1. The largest absolute Gasteiger partial charge is 0.497 e. The zero-order valence-electron chi connectivity index (χ0n) is 12.2. The molecule has 106 valence electrons. The minimum absolute atomic E-state index is 0.208. The Morgan fingerprint density at radius 2 is 1.95 bits per heavy atom. The summed E-state index contributed by atoms with van der Waals surface area (Å²) < 4.78 is 10.7. The zero-order valence-corrected chi connectivity index (χ0v) is 12.2. The van der Waals surface area contributed by atoms with Crippen molar-refractivity contribution in [2.75, 3.05) is 13.7 Å². The highest BCUT2D eigenvalue weighted by Gasteiger charge is 2.04. The summed E-state index contributed by atoms with van der Waals surface area (Å²) in [6.07, 6.45) is 7.01. The summed E-state index contributed by atoms with van der Waals surface area (Å²) in [7, 11) is 1.62. The third kappa shape index (κ3) is 4.12. The molecule has 21 heavy (non-hydrogen) atoms. The number of aryl methyl sites for hydroxylation is 1. The van der Waals surface area contributed by atoms with Gasteiger partial charge in [0.1, 0.15) is 23.8 Å². The summed E-state index contributed by atoms with van der Waals surface area (Å²) in [5.41, 5.74) is 2.92. The van der Waals surface area contributed by atoms with Gasteiger partial charge in [0, 0.05) is 12.3 Å². The van der Waals surface area contributed by atoms with E-state index in [1.54, 1.807) is 19.4 Å². The summed E-state index contributed by atoms with van der Waals surface area (Å²) in [5.74, 6) is 3.80. The van der Waals surface area contributed by atoms with E-state index in [9.17, 15) is 0 Å². The maximum Gasteiger partial charge on any atom is 0.148 e. The van der Waals surface area contributed by atoms with Crippen molar-refractivity contribution in [3.05, 3.63) is 53.6 Å². The molecule has 0 atom stereocenters. The first-order valence-corrected chi connectivity index (χ1v) is 6.58. The van der Waals surface area contributed by atoms with Gasteiger partial charge in [0.25, 0.3) is 0 Å². The number of aliphatic imine (C=N–C) groups is 1.